The Balaban J connectivity index is 1.63. The molecule has 0 aliphatic carbocycles. The van der Waals surface area contributed by atoms with Crippen molar-refractivity contribution in [2.45, 2.75) is 25.3 Å². The largest absolute Gasteiger partial charge is 0.344 e. The number of nitrogens with one attached hydrogen (secondary N) is 3. The number of hydrogen-bond donors (Lipinski definition) is 3. The van der Waals surface area contributed by atoms with E-state index in [4.69, 9.17) is 12.2 Å². The van der Waals surface area contributed by atoms with Crippen LogP contribution >= 0.6 is 12.2 Å². The second-order valence-corrected chi connectivity index (χ2v) is 6.84. The second kappa shape index (κ2) is 7.71. The van der Waals surface area contributed by atoms with Crippen LogP contribution in [0.2, 0.25) is 0 Å². The van der Waals surface area contributed by atoms with Gasteiger partial charge in [0.05, 0.1) is 5.69 Å². The Kier molecular flexibility index (Phi) is 5.36. The molecule has 0 spiro atoms. The summed E-state index contributed by atoms with van der Waals surface area (Å²) in [6.45, 7) is 1.67. The minimum absolute atomic E-state index is 0.0593. The Morgan fingerprint density at radius 2 is 1.81 bits per heavy atom. The number of hydrogen-bond acceptors (Lipinski definition) is 3. The zero-order chi connectivity index (χ0) is 19.4. The van der Waals surface area contributed by atoms with Crippen LogP contribution in [0, 0.1) is 5.82 Å². The fraction of sp³-hybridized carbons (Fsp3) is 0.211. The third-order valence-electron chi connectivity index (χ3n) is 4.35. The van der Waals surface area contributed by atoms with Crippen molar-refractivity contribution >= 4 is 35.0 Å². The van der Waals surface area contributed by atoms with Gasteiger partial charge in [-0.05, 0) is 49.7 Å². The van der Waals surface area contributed by atoms with E-state index in [2.05, 4.69) is 16.1 Å². The maximum atomic E-state index is 13.7. The molecule has 0 aromatic heterocycles. The SMILES string of the molecule is C[C@@]1(CCc2ccccc2)NC(=O)N(NC(=S)Nc2ccccc2F)C1=O. The maximum Gasteiger partial charge on any atom is 0.344 e. The van der Waals surface area contributed by atoms with Gasteiger partial charge in [0, 0.05) is 0 Å². The summed E-state index contributed by atoms with van der Waals surface area (Å²) < 4.78 is 13.7. The van der Waals surface area contributed by atoms with Gasteiger partial charge in [-0.3, -0.25) is 10.2 Å². The highest BCUT2D eigenvalue weighted by Crippen LogP contribution is 2.22. The molecule has 1 atom stereocenters. The number of thiocarbonyl (C=S) groups is 1. The Labute approximate surface area is 161 Å². The predicted molar refractivity (Wildman–Crippen MR) is 104 cm³/mol. The molecule has 2 aromatic carbocycles. The van der Waals surface area contributed by atoms with Crippen LogP contribution in [-0.2, 0) is 11.2 Å². The standard InChI is InChI=1S/C19H19FN4O2S/c1-19(12-11-13-7-3-2-4-8-13)16(25)24(18(26)22-19)23-17(27)21-15-10-6-5-9-14(15)20/h2-10H,11-12H2,1H3,(H,22,26)(H2,21,23,27)/t19-/m0/s1. The third-order valence-corrected chi connectivity index (χ3v) is 4.55. The van der Waals surface area contributed by atoms with Gasteiger partial charge in [-0.25, -0.2) is 9.18 Å². The number of hydrazine groups is 1. The van der Waals surface area contributed by atoms with E-state index >= 15 is 0 Å². The molecule has 0 unspecified atom stereocenters. The molecule has 140 valence electrons. The zero-order valence-electron chi connectivity index (χ0n) is 14.7. The Morgan fingerprint density at radius 3 is 2.52 bits per heavy atom. The molecule has 1 aliphatic heterocycles. The van der Waals surface area contributed by atoms with Gasteiger partial charge in [-0.1, -0.05) is 42.5 Å². The Morgan fingerprint density at radius 1 is 1.15 bits per heavy atom. The summed E-state index contributed by atoms with van der Waals surface area (Å²) in [5, 5.41) is 6.09. The maximum absolute atomic E-state index is 13.7. The Hall–Kier alpha value is -3.00. The number of halogens is 1. The van der Waals surface area contributed by atoms with Gasteiger partial charge in [0.2, 0.25) is 0 Å². The monoisotopic (exact) mass is 386 g/mol. The van der Waals surface area contributed by atoms with E-state index in [1.165, 1.54) is 12.1 Å². The van der Waals surface area contributed by atoms with Crippen molar-refractivity contribution in [2.24, 2.45) is 0 Å². The van der Waals surface area contributed by atoms with Crippen molar-refractivity contribution in [3.8, 4) is 0 Å². The summed E-state index contributed by atoms with van der Waals surface area (Å²) >= 11 is 5.09. The fourth-order valence-corrected chi connectivity index (χ4v) is 3.01. The van der Waals surface area contributed by atoms with Crippen LogP contribution < -0.4 is 16.1 Å². The molecule has 2 aromatic rings. The lowest BCUT2D eigenvalue weighted by Crippen LogP contribution is -2.50. The quantitative estimate of drug-likeness (QED) is 0.544. The number of anilines is 1. The minimum atomic E-state index is -1.05. The lowest BCUT2D eigenvalue weighted by Gasteiger charge is -2.22. The molecule has 1 saturated heterocycles. The van der Waals surface area contributed by atoms with Gasteiger partial charge < -0.3 is 10.6 Å². The highest BCUT2D eigenvalue weighted by molar-refractivity contribution is 7.80. The van der Waals surface area contributed by atoms with Crippen LogP contribution in [0.1, 0.15) is 18.9 Å². The van der Waals surface area contributed by atoms with Crippen molar-refractivity contribution < 1.29 is 14.0 Å². The van der Waals surface area contributed by atoms with Crippen molar-refractivity contribution in [3.05, 3.63) is 66.0 Å². The van der Waals surface area contributed by atoms with E-state index in [0.717, 1.165) is 10.6 Å². The van der Waals surface area contributed by atoms with Crippen LogP contribution in [0.5, 0.6) is 0 Å². The third kappa shape index (κ3) is 4.22. The molecule has 1 fully saturated rings. The first-order valence-corrected chi connectivity index (χ1v) is 8.83. The van der Waals surface area contributed by atoms with Gasteiger partial charge in [-0.2, -0.15) is 5.01 Å². The van der Waals surface area contributed by atoms with Crippen LogP contribution in [0.15, 0.2) is 54.6 Å². The molecule has 3 N–H and O–H groups in total. The van der Waals surface area contributed by atoms with Crippen LogP contribution in [-0.4, -0.2) is 27.6 Å². The number of amides is 3. The number of nitrogens with zero attached hydrogens (tertiary/aromatic N) is 1. The van der Waals surface area contributed by atoms with Gasteiger partial charge in [0.25, 0.3) is 5.91 Å². The lowest BCUT2D eigenvalue weighted by atomic mass is 9.93. The number of carbonyl (C=O) groups is 2. The molecule has 1 heterocycles. The first-order valence-electron chi connectivity index (χ1n) is 8.42. The molecule has 0 radical (unpaired) electrons. The first kappa shape index (κ1) is 18.8. The number of aryl methyl sites for hydroxylation is 1. The zero-order valence-corrected chi connectivity index (χ0v) is 15.5. The molecule has 27 heavy (non-hydrogen) atoms. The van der Waals surface area contributed by atoms with E-state index in [-0.39, 0.29) is 10.8 Å². The normalized spacial score (nSPS) is 19.0. The van der Waals surface area contributed by atoms with Crippen molar-refractivity contribution in [1.29, 1.82) is 0 Å². The summed E-state index contributed by atoms with van der Waals surface area (Å²) in [5.41, 5.74) is 2.71. The van der Waals surface area contributed by atoms with Gasteiger partial charge in [0.1, 0.15) is 11.4 Å². The summed E-state index contributed by atoms with van der Waals surface area (Å²) in [6.07, 6.45) is 1.07. The molecular weight excluding hydrogens is 367 g/mol. The highest BCUT2D eigenvalue weighted by Gasteiger charge is 2.48. The average Bonchev–Trinajstić information content (AvgIpc) is 2.86. The van der Waals surface area contributed by atoms with E-state index in [1.54, 1.807) is 19.1 Å². The number of benzene rings is 2. The molecule has 6 nitrogen and oxygen atoms in total. The first-order chi connectivity index (χ1) is 12.9. The number of urea groups is 1. The van der Waals surface area contributed by atoms with Crippen molar-refractivity contribution in [2.75, 3.05) is 5.32 Å². The average molecular weight is 386 g/mol. The Bertz CT molecular complexity index is 877. The summed E-state index contributed by atoms with van der Waals surface area (Å²) in [5.74, 6) is -0.937. The minimum Gasteiger partial charge on any atom is -0.329 e. The molecule has 3 rings (SSSR count). The van der Waals surface area contributed by atoms with Crippen LogP contribution in [0.4, 0.5) is 14.9 Å². The van der Waals surface area contributed by atoms with Crippen molar-refractivity contribution in [1.82, 2.24) is 15.8 Å². The number of para-hydroxylation sites is 1. The fourth-order valence-electron chi connectivity index (χ4n) is 2.81. The molecule has 1 aliphatic rings. The van der Waals surface area contributed by atoms with Crippen LogP contribution in [0.25, 0.3) is 0 Å². The van der Waals surface area contributed by atoms with Gasteiger partial charge in [-0.15, -0.1) is 0 Å². The van der Waals surface area contributed by atoms with Gasteiger partial charge >= 0.3 is 6.03 Å². The topological polar surface area (TPSA) is 73.5 Å². The predicted octanol–water partition coefficient (Wildman–Crippen LogP) is 2.97. The second-order valence-electron chi connectivity index (χ2n) is 6.43. The van der Waals surface area contributed by atoms with E-state index < -0.39 is 23.3 Å². The number of rotatable bonds is 5. The summed E-state index contributed by atoms with van der Waals surface area (Å²) in [6, 6.07) is 15.1. The van der Waals surface area contributed by atoms with Crippen molar-refractivity contribution in [3.63, 3.8) is 0 Å². The molecule has 3 amide bonds. The number of carbonyl (C=O) groups excluding carboxylic acids is 2. The molecule has 0 bridgehead atoms. The van der Waals surface area contributed by atoms with Crippen LogP contribution in [0.3, 0.4) is 0 Å². The lowest BCUT2D eigenvalue weighted by molar-refractivity contribution is -0.132. The molecule has 8 heteroatoms. The van der Waals surface area contributed by atoms with E-state index in [0.29, 0.717) is 12.8 Å². The summed E-state index contributed by atoms with van der Waals surface area (Å²) in [4.78, 5) is 25.0. The molecular formula is C19H19FN4O2S. The highest BCUT2D eigenvalue weighted by atomic mass is 32.1. The van der Waals surface area contributed by atoms with E-state index in [9.17, 15) is 14.0 Å². The summed E-state index contributed by atoms with van der Waals surface area (Å²) in [7, 11) is 0. The smallest absolute Gasteiger partial charge is 0.329 e. The van der Waals surface area contributed by atoms with E-state index in [1.807, 2.05) is 30.3 Å². The number of imide groups is 1. The van der Waals surface area contributed by atoms with Gasteiger partial charge in [0.15, 0.2) is 5.11 Å². The molecule has 0 saturated carbocycles.